The highest BCUT2D eigenvalue weighted by atomic mass is 31.2. The largest absolute Gasteiger partial charge is 0.349 e. The summed E-state index contributed by atoms with van der Waals surface area (Å²) in [6, 6.07) is 29.8. The molecule has 0 saturated carbocycles. The molecule has 4 heteroatoms. The zero-order valence-electron chi connectivity index (χ0n) is 17.2. The van der Waals surface area contributed by atoms with Crippen LogP contribution in [-0.2, 0) is 18.8 Å². The van der Waals surface area contributed by atoms with E-state index in [0.717, 1.165) is 29.5 Å². The van der Waals surface area contributed by atoms with Crippen molar-refractivity contribution in [1.82, 2.24) is 0 Å². The summed E-state index contributed by atoms with van der Waals surface area (Å²) in [5.41, 5.74) is 2.69. The monoisotopic (exact) mass is 408 g/mol. The molecule has 0 bridgehead atoms. The lowest BCUT2D eigenvalue weighted by Gasteiger charge is -2.40. The van der Waals surface area contributed by atoms with Gasteiger partial charge in [0.15, 0.2) is 0 Å². The number of hydrogen-bond acceptors (Lipinski definition) is 3. The van der Waals surface area contributed by atoms with Gasteiger partial charge in [-0.2, -0.15) is 0 Å². The average Bonchev–Trinajstić information content (AvgIpc) is 2.79. The normalized spacial score (nSPS) is 12.1. The molecule has 0 unspecified atom stereocenters. The molecule has 0 aliphatic rings. The van der Waals surface area contributed by atoms with Crippen molar-refractivity contribution in [2.24, 2.45) is 0 Å². The zero-order chi connectivity index (χ0) is 20.6. The fourth-order valence-corrected chi connectivity index (χ4v) is 6.37. The molecule has 0 aliphatic carbocycles. The molecule has 0 heterocycles. The number of benzene rings is 3. The molecule has 3 aromatic rings. The standard InChI is InChI=1S/C25H29O3P/c1-3-20-27-29(26,28-21-4-2)25(22-14-8-5-9-15-22,23-16-10-6-11-17-23)24-18-12-7-13-19-24/h5-19H,3-4,20-21H2,1-2H3. The molecular formula is C25H29O3P. The third-order valence-corrected chi connectivity index (χ3v) is 7.56. The van der Waals surface area contributed by atoms with Crippen LogP contribution in [0.3, 0.4) is 0 Å². The number of hydrogen-bond donors (Lipinski definition) is 0. The van der Waals surface area contributed by atoms with Crippen molar-refractivity contribution in [3.8, 4) is 0 Å². The SMILES string of the molecule is CCCOP(=O)(OCCC)C(c1ccccc1)(c1ccccc1)c1ccccc1. The van der Waals surface area contributed by atoms with Gasteiger partial charge >= 0.3 is 7.60 Å². The van der Waals surface area contributed by atoms with Crippen molar-refractivity contribution in [3.05, 3.63) is 108 Å². The van der Waals surface area contributed by atoms with E-state index in [4.69, 9.17) is 9.05 Å². The Bertz CT molecular complexity index is 802. The van der Waals surface area contributed by atoms with Crippen LogP contribution in [0, 0.1) is 0 Å². The van der Waals surface area contributed by atoms with Crippen molar-refractivity contribution in [2.75, 3.05) is 13.2 Å². The Morgan fingerprint density at radius 2 is 0.931 bits per heavy atom. The summed E-state index contributed by atoms with van der Waals surface area (Å²) in [5, 5.41) is -1.05. The highest BCUT2D eigenvalue weighted by Crippen LogP contribution is 2.70. The van der Waals surface area contributed by atoms with E-state index in [1.165, 1.54) is 0 Å². The first kappa shape index (κ1) is 21.5. The van der Waals surface area contributed by atoms with E-state index >= 15 is 0 Å². The first-order valence-electron chi connectivity index (χ1n) is 10.2. The summed E-state index contributed by atoms with van der Waals surface area (Å²) in [5.74, 6) is 0. The Hall–Kier alpha value is -2.19. The van der Waals surface area contributed by atoms with Crippen molar-refractivity contribution < 1.29 is 13.6 Å². The smallest absolute Gasteiger partial charge is 0.307 e. The third-order valence-electron chi connectivity index (χ3n) is 4.92. The summed E-state index contributed by atoms with van der Waals surface area (Å²) in [6.45, 7) is 4.77. The molecule has 152 valence electrons. The maximum absolute atomic E-state index is 14.7. The molecule has 0 spiro atoms. The van der Waals surface area contributed by atoms with Gasteiger partial charge in [-0.25, -0.2) is 0 Å². The van der Waals surface area contributed by atoms with Gasteiger partial charge in [-0.3, -0.25) is 4.57 Å². The molecule has 0 aliphatic heterocycles. The quantitative estimate of drug-likeness (QED) is 0.267. The van der Waals surface area contributed by atoms with Crippen LogP contribution in [0.1, 0.15) is 43.4 Å². The molecule has 29 heavy (non-hydrogen) atoms. The first-order valence-corrected chi connectivity index (χ1v) is 11.8. The highest BCUT2D eigenvalue weighted by molar-refractivity contribution is 7.55. The fourth-order valence-electron chi connectivity index (χ4n) is 3.67. The van der Waals surface area contributed by atoms with Gasteiger partial charge < -0.3 is 9.05 Å². The summed E-state index contributed by atoms with van der Waals surface area (Å²) >= 11 is 0. The Balaban J connectivity index is 2.39. The second-order valence-electron chi connectivity index (χ2n) is 6.97. The summed E-state index contributed by atoms with van der Waals surface area (Å²) < 4.78 is 27.0. The molecule has 0 aromatic heterocycles. The molecule has 0 fully saturated rings. The Morgan fingerprint density at radius 3 is 1.21 bits per heavy atom. The molecule has 0 atom stereocenters. The molecule has 3 nitrogen and oxygen atoms in total. The van der Waals surface area contributed by atoms with E-state index in [2.05, 4.69) is 0 Å². The van der Waals surface area contributed by atoms with Crippen LogP contribution in [0.25, 0.3) is 0 Å². The summed E-state index contributed by atoms with van der Waals surface area (Å²) in [7, 11) is -3.66. The lowest BCUT2D eigenvalue weighted by atomic mass is 9.84. The Kier molecular flexibility index (Phi) is 7.44. The van der Waals surface area contributed by atoms with E-state index < -0.39 is 12.8 Å². The number of rotatable bonds is 10. The van der Waals surface area contributed by atoms with Gasteiger partial charge in [-0.05, 0) is 29.5 Å². The molecule has 0 N–H and O–H groups in total. The van der Waals surface area contributed by atoms with Crippen LogP contribution in [0.5, 0.6) is 0 Å². The maximum Gasteiger partial charge on any atom is 0.349 e. The first-order chi connectivity index (χ1) is 14.2. The Morgan fingerprint density at radius 1 is 0.621 bits per heavy atom. The van der Waals surface area contributed by atoms with Crippen molar-refractivity contribution in [1.29, 1.82) is 0 Å². The van der Waals surface area contributed by atoms with Crippen LogP contribution in [-0.4, -0.2) is 13.2 Å². The molecule has 3 aromatic carbocycles. The maximum atomic E-state index is 14.7. The van der Waals surface area contributed by atoms with E-state index in [-0.39, 0.29) is 0 Å². The predicted octanol–water partition coefficient (Wildman–Crippen LogP) is 7.02. The van der Waals surface area contributed by atoms with Crippen LogP contribution in [0.15, 0.2) is 91.0 Å². The van der Waals surface area contributed by atoms with Crippen molar-refractivity contribution >= 4 is 7.60 Å². The molecule has 0 amide bonds. The second-order valence-corrected chi connectivity index (χ2v) is 9.15. The van der Waals surface area contributed by atoms with Crippen LogP contribution >= 0.6 is 7.60 Å². The van der Waals surface area contributed by atoms with Crippen LogP contribution < -0.4 is 0 Å². The second kappa shape index (κ2) is 10.0. The van der Waals surface area contributed by atoms with E-state index in [1.807, 2.05) is 105 Å². The predicted molar refractivity (Wildman–Crippen MR) is 119 cm³/mol. The van der Waals surface area contributed by atoms with Gasteiger partial charge in [0.1, 0.15) is 5.16 Å². The average molecular weight is 408 g/mol. The van der Waals surface area contributed by atoms with Crippen molar-refractivity contribution in [3.63, 3.8) is 0 Å². The lowest BCUT2D eigenvalue weighted by Crippen LogP contribution is -2.32. The highest BCUT2D eigenvalue weighted by Gasteiger charge is 2.55. The molecule has 0 saturated heterocycles. The van der Waals surface area contributed by atoms with E-state index in [0.29, 0.717) is 13.2 Å². The van der Waals surface area contributed by atoms with Crippen LogP contribution in [0.4, 0.5) is 0 Å². The minimum atomic E-state index is -3.66. The van der Waals surface area contributed by atoms with Gasteiger partial charge in [0.2, 0.25) is 0 Å². The molecule has 3 rings (SSSR count). The van der Waals surface area contributed by atoms with Gasteiger partial charge in [-0.15, -0.1) is 0 Å². The lowest BCUT2D eigenvalue weighted by molar-refractivity contribution is 0.192. The fraction of sp³-hybridized carbons (Fsp3) is 0.280. The van der Waals surface area contributed by atoms with Gasteiger partial charge in [0.25, 0.3) is 0 Å². The van der Waals surface area contributed by atoms with Gasteiger partial charge in [0.05, 0.1) is 13.2 Å². The summed E-state index contributed by atoms with van der Waals surface area (Å²) in [6.07, 6.45) is 1.52. The summed E-state index contributed by atoms with van der Waals surface area (Å²) in [4.78, 5) is 0. The van der Waals surface area contributed by atoms with E-state index in [9.17, 15) is 4.57 Å². The Labute approximate surface area is 174 Å². The van der Waals surface area contributed by atoms with Gasteiger partial charge in [0, 0.05) is 0 Å². The minimum absolute atomic E-state index is 0.370. The zero-order valence-corrected chi connectivity index (χ0v) is 18.1. The van der Waals surface area contributed by atoms with Crippen molar-refractivity contribution in [2.45, 2.75) is 31.8 Å². The van der Waals surface area contributed by atoms with E-state index in [1.54, 1.807) is 0 Å². The minimum Gasteiger partial charge on any atom is -0.307 e. The third kappa shape index (κ3) is 4.23. The topological polar surface area (TPSA) is 35.5 Å². The van der Waals surface area contributed by atoms with Crippen LogP contribution in [0.2, 0.25) is 0 Å². The molecule has 0 radical (unpaired) electrons. The van der Waals surface area contributed by atoms with Gasteiger partial charge in [-0.1, -0.05) is 105 Å². The molecular weight excluding hydrogens is 379 g/mol.